The minimum absolute atomic E-state index is 0.604. The van der Waals surface area contributed by atoms with Crippen molar-refractivity contribution >= 4 is 22.9 Å². The first-order chi connectivity index (χ1) is 7.31. The quantitative estimate of drug-likeness (QED) is 0.814. The Morgan fingerprint density at radius 1 is 1.53 bits per heavy atom. The van der Waals surface area contributed by atoms with Crippen molar-refractivity contribution in [2.75, 3.05) is 6.61 Å². The molecule has 0 aliphatic rings. The zero-order chi connectivity index (χ0) is 10.7. The number of benzene rings is 1. The predicted molar refractivity (Wildman–Crippen MR) is 62.6 cm³/mol. The summed E-state index contributed by atoms with van der Waals surface area (Å²) in [5.41, 5.74) is 4.71. The van der Waals surface area contributed by atoms with Gasteiger partial charge in [0.25, 0.3) is 0 Å². The van der Waals surface area contributed by atoms with Crippen LogP contribution in [0.4, 0.5) is 0 Å². The largest absolute Gasteiger partial charge is 0.492 e. The molecule has 0 aliphatic heterocycles. The van der Waals surface area contributed by atoms with E-state index in [1.807, 2.05) is 30.5 Å². The molecule has 1 aromatic heterocycles. The number of hydrogen-bond acceptors (Lipinski definition) is 3. The molecule has 0 atom stereocenters. The van der Waals surface area contributed by atoms with Gasteiger partial charge in [0.2, 0.25) is 0 Å². The normalized spacial score (nSPS) is 10.3. The van der Waals surface area contributed by atoms with Gasteiger partial charge in [-0.3, -0.25) is 0 Å². The Balaban J connectivity index is 2.38. The molecule has 2 rings (SSSR count). The Morgan fingerprint density at radius 2 is 2.40 bits per heavy atom. The summed E-state index contributed by atoms with van der Waals surface area (Å²) < 4.78 is 5.41. The van der Waals surface area contributed by atoms with Crippen LogP contribution in [0.2, 0.25) is 5.02 Å². The smallest absolute Gasteiger partial charge is 0.152 e. The lowest BCUT2D eigenvalue weighted by atomic mass is 10.1. The van der Waals surface area contributed by atoms with Gasteiger partial charge in [-0.2, -0.15) is 0 Å². The molecule has 0 saturated heterocycles. The molecule has 0 unspecified atom stereocenters. The molecule has 0 N–H and O–H groups in total. The molecule has 0 spiro atoms. The molecule has 0 aliphatic carbocycles. The Bertz CT molecular complexity index is 442. The average Bonchev–Trinajstić information content (AvgIpc) is 2.75. The van der Waals surface area contributed by atoms with Crippen molar-refractivity contribution in [2.45, 2.75) is 6.92 Å². The summed E-state index contributed by atoms with van der Waals surface area (Å²) in [5.74, 6) is 0.699. The summed E-state index contributed by atoms with van der Waals surface area (Å²) >= 11 is 7.43. The molecule has 0 fully saturated rings. The molecule has 0 bridgehead atoms. The maximum absolute atomic E-state index is 5.99. The van der Waals surface area contributed by atoms with E-state index in [9.17, 15) is 0 Å². The fourth-order valence-electron chi connectivity index (χ4n) is 1.25. The van der Waals surface area contributed by atoms with E-state index in [0.717, 1.165) is 11.3 Å². The second-order valence-electron chi connectivity index (χ2n) is 2.90. The first kappa shape index (κ1) is 10.5. The second kappa shape index (κ2) is 4.64. The molecule has 4 heteroatoms. The van der Waals surface area contributed by atoms with Gasteiger partial charge < -0.3 is 4.74 Å². The third kappa shape index (κ3) is 2.30. The number of hydrogen-bond donors (Lipinski definition) is 0. The number of rotatable bonds is 3. The highest BCUT2D eigenvalue weighted by Crippen LogP contribution is 2.30. The number of halogens is 1. The van der Waals surface area contributed by atoms with E-state index < -0.39 is 0 Å². The van der Waals surface area contributed by atoms with E-state index in [2.05, 4.69) is 10.5 Å². The van der Waals surface area contributed by atoms with Gasteiger partial charge in [0, 0.05) is 10.9 Å². The highest BCUT2D eigenvalue weighted by atomic mass is 35.5. The van der Waals surface area contributed by atoms with Crippen molar-refractivity contribution in [1.29, 1.82) is 0 Å². The molecule has 1 aromatic carbocycles. The molecule has 2 aromatic rings. The Kier molecular flexibility index (Phi) is 3.23. The van der Waals surface area contributed by atoms with Crippen LogP contribution in [0.25, 0.3) is 11.3 Å². The average molecular weight is 239 g/mol. The number of nitrogens with zero attached hydrogens (tertiary/aromatic N) is 1. The van der Waals surface area contributed by atoms with Crippen molar-refractivity contribution in [3.8, 4) is 17.0 Å². The SMILES string of the molecule is CCOc1cc(-c2cs[c]n2)ccc1Cl. The summed E-state index contributed by atoms with van der Waals surface area (Å²) in [4.78, 5) is 4.11. The fourth-order valence-corrected chi connectivity index (χ4v) is 1.92. The molecule has 77 valence electrons. The van der Waals surface area contributed by atoms with Crippen molar-refractivity contribution in [3.63, 3.8) is 0 Å². The fraction of sp³-hybridized carbons (Fsp3) is 0.182. The van der Waals surface area contributed by atoms with Gasteiger partial charge in [0.15, 0.2) is 5.51 Å². The summed E-state index contributed by atoms with van der Waals surface area (Å²) in [7, 11) is 0. The molecular weight excluding hydrogens is 230 g/mol. The van der Waals surface area contributed by atoms with Crippen molar-refractivity contribution in [3.05, 3.63) is 34.1 Å². The Labute approximate surface area is 97.5 Å². The van der Waals surface area contributed by atoms with Gasteiger partial charge in [0.05, 0.1) is 17.3 Å². The van der Waals surface area contributed by atoms with Crippen molar-refractivity contribution in [2.24, 2.45) is 0 Å². The Morgan fingerprint density at radius 3 is 3.07 bits per heavy atom. The van der Waals surface area contributed by atoms with Gasteiger partial charge in [-0.25, -0.2) is 4.98 Å². The van der Waals surface area contributed by atoms with E-state index in [1.165, 1.54) is 11.3 Å². The number of aromatic nitrogens is 1. The molecule has 2 nitrogen and oxygen atoms in total. The van der Waals surface area contributed by atoms with Crippen LogP contribution >= 0.6 is 22.9 Å². The summed E-state index contributed by atoms with van der Waals surface area (Å²) in [5, 5.41) is 2.57. The number of thiazole rings is 1. The second-order valence-corrected chi connectivity index (χ2v) is 3.96. The monoisotopic (exact) mass is 238 g/mol. The van der Waals surface area contributed by atoms with Crippen LogP contribution in [-0.2, 0) is 0 Å². The predicted octanol–water partition coefficient (Wildman–Crippen LogP) is 3.66. The number of ether oxygens (including phenoxy) is 1. The van der Waals surface area contributed by atoms with Crippen LogP contribution in [0.15, 0.2) is 23.6 Å². The highest BCUT2D eigenvalue weighted by Gasteiger charge is 2.05. The third-order valence-corrected chi connectivity index (χ3v) is 2.77. The van der Waals surface area contributed by atoms with Gasteiger partial charge in [-0.15, -0.1) is 11.3 Å². The first-order valence-corrected chi connectivity index (χ1v) is 5.81. The van der Waals surface area contributed by atoms with E-state index in [-0.39, 0.29) is 0 Å². The van der Waals surface area contributed by atoms with Crippen molar-refractivity contribution < 1.29 is 4.74 Å². The lowest BCUT2D eigenvalue weighted by Gasteiger charge is -2.06. The summed E-state index contributed by atoms with van der Waals surface area (Å²) in [6.45, 7) is 2.53. The Hall–Kier alpha value is -1.06. The maximum atomic E-state index is 5.99. The molecule has 1 heterocycles. The van der Waals surface area contributed by atoms with E-state index in [4.69, 9.17) is 16.3 Å². The maximum Gasteiger partial charge on any atom is 0.152 e. The van der Waals surface area contributed by atoms with Crippen LogP contribution in [0, 0.1) is 5.51 Å². The van der Waals surface area contributed by atoms with Crippen LogP contribution in [0.3, 0.4) is 0 Å². The molecule has 1 radical (unpaired) electrons. The van der Waals surface area contributed by atoms with E-state index in [0.29, 0.717) is 17.4 Å². The van der Waals surface area contributed by atoms with Gasteiger partial charge in [-0.05, 0) is 19.1 Å². The summed E-state index contributed by atoms with van der Waals surface area (Å²) in [6, 6.07) is 5.64. The van der Waals surface area contributed by atoms with Crippen LogP contribution in [0.1, 0.15) is 6.92 Å². The first-order valence-electron chi connectivity index (χ1n) is 4.55. The molecule has 15 heavy (non-hydrogen) atoms. The molecule has 0 saturated carbocycles. The van der Waals surface area contributed by atoms with Crippen LogP contribution in [0.5, 0.6) is 5.75 Å². The third-order valence-electron chi connectivity index (χ3n) is 1.92. The lowest BCUT2D eigenvalue weighted by Crippen LogP contribution is -1.92. The highest BCUT2D eigenvalue weighted by molar-refractivity contribution is 7.07. The van der Waals surface area contributed by atoms with Gasteiger partial charge >= 0.3 is 0 Å². The zero-order valence-corrected chi connectivity index (χ0v) is 9.73. The standard InChI is InChI=1S/C11H9ClNOS/c1-2-14-11-5-8(3-4-9(11)12)10-6-15-7-13-10/h3-6H,2H2,1H3. The molecule has 0 amide bonds. The zero-order valence-electron chi connectivity index (χ0n) is 8.16. The van der Waals surface area contributed by atoms with Crippen molar-refractivity contribution in [1.82, 2.24) is 4.98 Å². The minimum atomic E-state index is 0.604. The van der Waals surface area contributed by atoms with Gasteiger partial charge in [0.1, 0.15) is 5.75 Å². The van der Waals surface area contributed by atoms with E-state index >= 15 is 0 Å². The van der Waals surface area contributed by atoms with E-state index in [1.54, 1.807) is 0 Å². The van der Waals surface area contributed by atoms with Crippen LogP contribution in [-0.4, -0.2) is 11.6 Å². The topological polar surface area (TPSA) is 22.1 Å². The van der Waals surface area contributed by atoms with Gasteiger partial charge in [-0.1, -0.05) is 17.7 Å². The molecular formula is C11H9ClNOS. The minimum Gasteiger partial charge on any atom is -0.492 e. The summed E-state index contributed by atoms with van der Waals surface area (Å²) in [6.07, 6.45) is 0. The van der Waals surface area contributed by atoms with Crippen LogP contribution < -0.4 is 4.74 Å². The lowest BCUT2D eigenvalue weighted by molar-refractivity contribution is 0.340.